The Balaban J connectivity index is 2.65. The first-order valence-electron chi connectivity index (χ1n) is 4.76. The third kappa shape index (κ3) is 4.06. The van der Waals surface area contributed by atoms with Crippen LogP contribution in [0.1, 0.15) is 11.1 Å². The molecular weight excluding hydrogens is 237 g/mol. The Bertz CT molecular complexity index is 321. The molecule has 0 spiro atoms. The molecule has 90 valence electrons. The number of hydrogen-bond acceptors (Lipinski definition) is 2. The maximum absolute atomic E-state index is 12.3. The smallest absolute Gasteiger partial charge is 0.392 e. The van der Waals surface area contributed by atoms with Crippen molar-refractivity contribution in [2.45, 2.75) is 18.7 Å². The van der Waals surface area contributed by atoms with Crippen LogP contribution in [0.5, 0.6) is 0 Å². The van der Waals surface area contributed by atoms with Crippen molar-refractivity contribution >= 4 is 11.8 Å². The fraction of sp³-hybridized carbons (Fsp3) is 0.455. The number of thioether (sulfide) groups is 1. The Morgan fingerprint density at radius 2 is 1.81 bits per heavy atom. The van der Waals surface area contributed by atoms with E-state index in [0.717, 1.165) is 17.7 Å². The van der Waals surface area contributed by atoms with Gasteiger partial charge in [0.2, 0.25) is 0 Å². The van der Waals surface area contributed by atoms with Gasteiger partial charge in [0.1, 0.15) is 0 Å². The van der Waals surface area contributed by atoms with Gasteiger partial charge in [-0.1, -0.05) is 12.1 Å². The van der Waals surface area contributed by atoms with Gasteiger partial charge in [-0.2, -0.15) is 24.9 Å². The minimum absolute atomic E-state index is 0.388. The van der Waals surface area contributed by atoms with Crippen molar-refractivity contribution in [3.8, 4) is 0 Å². The van der Waals surface area contributed by atoms with Crippen LogP contribution in [0.4, 0.5) is 13.2 Å². The van der Waals surface area contributed by atoms with E-state index in [1.165, 1.54) is 23.9 Å². The molecule has 0 amide bonds. The number of aliphatic hydroxyl groups excluding tert-OH is 1. The highest BCUT2D eigenvalue weighted by Gasteiger charge is 2.29. The van der Waals surface area contributed by atoms with Crippen LogP contribution in [-0.4, -0.2) is 23.2 Å². The van der Waals surface area contributed by atoms with E-state index in [1.807, 2.05) is 6.26 Å². The SMILES string of the molecule is CSCC(O)Cc1ccc(C(F)(F)F)cc1. The van der Waals surface area contributed by atoms with Gasteiger partial charge in [-0.05, 0) is 30.4 Å². The minimum atomic E-state index is -4.30. The van der Waals surface area contributed by atoms with E-state index >= 15 is 0 Å². The number of benzene rings is 1. The molecule has 0 aliphatic rings. The van der Waals surface area contributed by atoms with Crippen molar-refractivity contribution in [1.82, 2.24) is 0 Å². The van der Waals surface area contributed by atoms with Crippen molar-refractivity contribution in [2.24, 2.45) is 0 Å². The van der Waals surface area contributed by atoms with Crippen molar-refractivity contribution < 1.29 is 18.3 Å². The molecule has 0 fully saturated rings. The number of aliphatic hydroxyl groups is 1. The Hall–Kier alpha value is -0.680. The Morgan fingerprint density at radius 3 is 2.25 bits per heavy atom. The van der Waals surface area contributed by atoms with Crippen LogP contribution in [0.25, 0.3) is 0 Å². The molecule has 5 heteroatoms. The summed E-state index contributed by atoms with van der Waals surface area (Å²) >= 11 is 1.51. The Kier molecular flexibility index (Phi) is 4.68. The van der Waals surface area contributed by atoms with Gasteiger partial charge in [-0.3, -0.25) is 0 Å². The first-order valence-corrected chi connectivity index (χ1v) is 6.16. The van der Waals surface area contributed by atoms with E-state index in [2.05, 4.69) is 0 Å². The molecule has 0 radical (unpaired) electrons. The van der Waals surface area contributed by atoms with E-state index < -0.39 is 17.8 Å². The lowest BCUT2D eigenvalue weighted by molar-refractivity contribution is -0.137. The average Bonchev–Trinajstić information content (AvgIpc) is 2.17. The van der Waals surface area contributed by atoms with Gasteiger partial charge in [0.15, 0.2) is 0 Å². The molecule has 1 aromatic rings. The number of halogens is 3. The monoisotopic (exact) mass is 250 g/mol. The number of hydrogen-bond donors (Lipinski definition) is 1. The van der Waals surface area contributed by atoms with Gasteiger partial charge in [0.25, 0.3) is 0 Å². The fourth-order valence-electron chi connectivity index (χ4n) is 1.35. The second-order valence-corrected chi connectivity index (χ2v) is 4.42. The first kappa shape index (κ1) is 13.4. The molecule has 0 heterocycles. The van der Waals surface area contributed by atoms with E-state index in [0.29, 0.717) is 12.2 Å². The highest BCUT2D eigenvalue weighted by Crippen LogP contribution is 2.29. The number of alkyl halides is 3. The number of rotatable bonds is 4. The van der Waals surface area contributed by atoms with Crippen LogP contribution < -0.4 is 0 Å². The standard InChI is InChI=1S/C11H13F3OS/c1-16-7-10(15)6-8-2-4-9(5-3-8)11(12,13)14/h2-5,10,15H,6-7H2,1H3. The maximum Gasteiger partial charge on any atom is 0.416 e. The summed E-state index contributed by atoms with van der Waals surface area (Å²) in [5.74, 6) is 0.584. The summed E-state index contributed by atoms with van der Waals surface area (Å²) in [5.41, 5.74) is 0.0603. The molecule has 1 N–H and O–H groups in total. The zero-order valence-electron chi connectivity index (χ0n) is 8.79. The Morgan fingerprint density at radius 1 is 1.25 bits per heavy atom. The van der Waals surface area contributed by atoms with Crippen molar-refractivity contribution in [1.29, 1.82) is 0 Å². The zero-order chi connectivity index (χ0) is 12.2. The van der Waals surface area contributed by atoms with Gasteiger partial charge < -0.3 is 5.11 Å². The summed E-state index contributed by atoms with van der Waals surface area (Å²) in [6.45, 7) is 0. The topological polar surface area (TPSA) is 20.2 Å². The average molecular weight is 250 g/mol. The van der Waals surface area contributed by atoms with Crippen LogP contribution in [-0.2, 0) is 12.6 Å². The first-order chi connectivity index (χ1) is 7.43. The lowest BCUT2D eigenvalue weighted by atomic mass is 10.1. The summed E-state index contributed by atoms with van der Waals surface area (Å²) < 4.78 is 36.8. The molecule has 0 saturated carbocycles. The quantitative estimate of drug-likeness (QED) is 0.886. The Labute approximate surface area is 96.7 Å². The highest BCUT2D eigenvalue weighted by atomic mass is 32.2. The van der Waals surface area contributed by atoms with E-state index in [9.17, 15) is 18.3 Å². The molecule has 0 bridgehead atoms. The molecule has 1 atom stereocenters. The highest BCUT2D eigenvalue weighted by molar-refractivity contribution is 7.98. The van der Waals surface area contributed by atoms with Crippen LogP contribution >= 0.6 is 11.8 Å². The minimum Gasteiger partial charge on any atom is -0.392 e. The lowest BCUT2D eigenvalue weighted by Crippen LogP contribution is -2.13. The van der Waals surface area contributed by atoms with Gasteiger partial charge in [0.05, 0.1) is 11.7 Å². The van der Waals surface area contributed by atoms with E-state index in [1.54, 1.807) is 0 Å². The van der Waals surface area contributed by atoms with E-state index in [-0.39, 0.29) is 0 Å². The molecule has 0 saturated heterocycles. The van der Waals surface area contributed by atoms with Gasteiger partial charge in [-0.15, -0.1) is 0 Å². The van der Waals surface area contributed by atoms with Gasteiger partial charge in [0, 0.05) is 5.75 Å². The molecule has 1 nitrogen and oxygen atoms in total. The predicted octanol–water partition coefficient (Wildman–Crippen LogP) is 2.97. The molecule has 1 unspecified atom stereocenters. The van der Waals surface area contributed by atoms with Crippen LogP contribution in [0.15, 0.2) is 24.3 Å². The zero-order valence-corrected chi connectivity index (χ0v) is 9.61. The van der Waals surface area contributed by atoms with Gasteiger partial charge >= 0.3 is 6.18 Å². The predicted molar refractivity (Wildman–Crippen MR) is 59.5 cm³/mol. The molecule has 1 rings (SSSR count). The summed E-state index contributed by atoms with van der Waals surface area (Å²) in [6.07, 6.45) is -2.54. The molecule has 0 aliphatic carbocycles. The molecule has 1 aromatic carbocycles. The largest absolute Gasteiger partial charge is 0.416 e. The van der Waals surface area contributed by atoms with Crippen LogP contribution in [0.3, 0.4) is 0 Å². The second kappa shape index (κ2) is 5.59. The van der Waals surface area contributed by atoms with Crippen molar-refractivity contribution in [3.63, 3.8) is 0 Å². The molecule has 16 heavy (non-hydrogen) atoms. The third-order valence-corrected chi connectivity index (χ3v) is 2.83. The summed E-state index contributed by atoms with van der Waals surface area (Å²) in [7, 11) is 0. The molecule has 0 aliphatic heterocycles. The maximum atomic E-state index is 12.3. The summed E-state index contributed by atoms with van der Waals surface area (Å²) in [4.78, 5) is 0. The molecule has 0 aromatic heterocycles. The fourth-order valence-corrected chi connectivity index (χ4v) is 1.86. The van der Waals surface area contributed by atoms with Gasteiger partial charge in [-0.25, -0.2) is 0 Å². The van der Waals surface area contributed by atoms with Crippen molar-refractivity contribution in [3.05, 3.63) is 35.4 Å². The summed E-state index contributed by atoms with van der Waals surface area (Å²) in [5, 5.41) is 9.49. The third-order valence-electron chi connectivity index (χ3n) is 2.11. The summed E-state index contributed by atoms with van der Waals surface area (Å²) in [6, 6.07) is 4.90. The second-order valence-electron chi connectivity index (χ2n) is 3.51. The molecular formula is C11H13F3OS. The van der Waals surface area contributed by atoms with E-state index in [4.69, 9.17) is 0 Å². The van der Waals surface area contributed by atoms with Crippen molar-refractivity contribution in [2.75, 3.05) is 12.0 Å². The van der Waals surface area contributed by atoms with Crippen LogP contribution in [0, 0.1) is 0 Å². The lowest BCUT2D eigenvalue weighted by Gasteiger charge is -2.10. The van der Waals surface area contributed by atoms with Crippen LogP contribution in [0.2, 0.25) is 0 Å². The normalized spacial score (nSPS) is 13.8.